The van der Waals surface area contributed by atoms with Gasteiger partial charge in [0.1, 0.15) is 0 Å². The van der Waals surface area contributed by atoms with Crippen LogP contribution in [0.1, 0.15) is 25.7 Å². The van der Waals surface area contributed by atoms with Crippen LogP contribution in [-0.4, -0.2) is 6.54 Å². The fraction of sp³-hybridized carbons (Fsp3) is 0.455. The number of nitrogens with one attached hydrogen (secondary N) is 1. The van der Waals surface area contributed by atoms with E-state index in [-0.39, 0.29) is 0 Å². The molecule has 0 fully saturated rings. The Morgan fingerprint density at radius 3 is 3.17 bits per heavy atom. The summed E-state index contributed by atoms with van der Waals surface area (Å²) in [6.07, 6.45) is 13.7. The molecule has 1 aliphatic heterocycles. The Kier molecular flexibility index (Phi) is 2.31. The summed E-state index contributed by atoms with van der Waals surface area (Å²) in [6, 6.07) is 0. The van der Waals surface area contributed by atoms with Crippen molar-refractivity contribution in [3.63, 3.8) is 0 Å². The molecule has 64 valence electrons. The van der Waals surface area contributed by atoms with Crippen molar-refractivity contribution < 1.29 is 0 Å². The lowest BCUT2D eigenvalue weighted by molar-refractivity contribution is 0.650. The lowest BCUT2D eigenvalue weighted by atomic mass is 9.97. The summed E-state index contributed by atoms with van der Waals surface area (Å²) in [6.45, 7) is 1.15. The molecule has 12 heavy (non-hydrogen) atoms. The molecule has 0 bridgehead atoms. The summed E-state index contributed by atoms with van der Waals surface area (Å²) >= 11 is 0. The van der Waals surface area contributed by atoms with Gasteiger partial charge in [-0.25, -0.2) is 0 Å². The first-order valence-electron chi connectivity index (χ1n) is 4.76. The van der Waals surface area contributed by atoms with Gasteiger partial charge in [0.05, 0.1) is 0 Å². The van der Waals surface area contributed by atoms with Crippen LogP contribution < -0.4 is 5.32 Å². The van der Waals surface area contributed by atoms with Crippen LogP contribution in [0, 0.1) is 0 Å². The summed E-state index contributed by atoms with van der Waals surface area (Å²) < 4.78 is 0. The molecule has 0 amide bonds. The molecule has 0 radical (unpaired) electrons. The van der Waals surface area contributed by atoms with Crippen LogP contribution in [0.5, 0.6) is 0 Å². The van der Waals surface area contributed by atoms with Gasteiger partial charge in [0, 0.05) is 12.2 Å². The van der Waals surface area contributed by atoms with E-state index < -0.39 is 0 Å². The van der Waals surface area contributed by atoms with E-state index in [2.05, 4.69) is 29.6 Å². The quantitative estimate of drug-likeness (QED) is 0.575. The lowest BCUT2D eigenvalue weighted by Gasteiger charge is -2.20. The molecule has 0 atom stereocenters. The third-order valence-corrected chi connectivity index (χ3v) is 2.47. The van der Waals surface area contributed by atoms with E-state index in [1.807, 2.05) is 0 Å². The van der Waals surface area contributed by atoms with Gasteiger partial charge in [-0.2, -0.15) is 0 Å². The van der Waals surface area contributed by atoms with Crippen molar-refractivity contribution in [1.29, 1.82) is 0 Å². The smallest absolute Gasteiger partial charge is 0.0332 e. The third kappa shape index (κ3) is 1.60. The second-order valence-electron chi connectivity index (χ2n) is 3.37. The molecule has 0 aromatic rings. The topological polar surface area (TPSA) is 12.0 Å². The first-order chi connectivity index (χ1) is 5.97. The van der Waals surface area contributed by atoms with Crippen LogP contribution in [0.25, 0.3) is 0 Å². The second kappa shape index (κ2) is 3.61. The van der Waals surface area contributed by atoms with Crippen molar-refractivity contribution >= 4 is 0 Å². The number of hydrogen-bond acceptors (Lipinski definition) is 1. The SMILES string of the molecule is C1=C\CCC2=C(\C=C/1)NCCC2. The van der Waals surface area contributed by atoms with E-state index >= 15 is 0 Å². The molecular formula is C11H15N. The molecule has 2 aliphatic rings. The predicted molar refractivity (Wildman–Crippen MR) is 51.8 cm³/mol. The van der Waals surface area contributed by atoms with Gasteiger partial charge in [-0.1, -0.05) is 18.2 Å². The van der Waals surface area contributed by atoms with Crippen LogP contribution in [0.2, 0.25) is 0 Å². The largest absolute Gasteiger partial charge is 0.385 e. The van der Waals surface area contributed by atoms with Crippen LogP contribution in [0.15, 0.2) is 35.6 Å². The predicted octanol–water partition coefficient (Wildman–Crippen LogP) is 2.53. The van der Waals surface area contributed by atoms with E-state index in [1.165, 1.54) is 31.4 Å². The first kappa shape index (κ1) is 7.66. The number of rotatable bonds is 0. The molecule has 1 N–H and O–H groups in total. The second-order valence-corrected chi connectivity index (χ2v) is 3.37. The Bertz CT molecular complexity index is 246. The molecular weight excluding hydrogens is 146 g/mol. The number of allylic oxidation sites excluding steroid dienone is 5. The third-order valence-electron chi connectivity index (χ3n) is 2.47. The molecule has 1 nitrogen and oxygen atoms in total. The molecule has 2 rings (SSSR count). The van der Waals surface area contributed by atoms with E-state index in [0.29, 0.717) is 0 Å². The van der Waals surface area contributed by atoms with Crippen LogP contribution in [0.4, 0.5) is 0 Å². The van der Waals surface area contributed by atoms with Gasteiger partial charge < -0.3 is 5.32 Å². The number of hydrogen-bond donors (Lipinski definition) is 1. The highest BCUT2D eigenvalue weighted by atomic mass is 14.9. The monoisotopic (exact) mass is 161 g/mol. The maximum Gasteiger partial charge on any atom is 0.0332 e. The Labute approximate surface area is 73.9 Å². The molecule has 1 heteroatoms. The van der Waals surface area contributed by atoms with E-state index in [1.54, 1.807) is 5.57 Å². The van der Waals surface area contributed by atoms with E-state index in [9.17, 15) is 0 Å². The Hall–Kier alpha value is -0.980. The van der Waals surface area contributed by atoms with Gasteiger partial charge in [0.25, 0.3) is 0 Å². The molecule has 1 aliphatic carbocycles. The zero-order valence-electron chi connectivity index (χ0n) is 7.34. The summed E-state index contributed by atoms with van der Waals surface area (Å²) in [5, 5.41) is 3.45. The maximum atomic E-state index is 3.45. The van der Waals surface area contributed by atoms with Gasteiger partial charge in [-0.3, -0.25) is 0 Å². The van der Waals surface area contributed by atoms with Crippen molar-refractivity contribution in [1.82, 2.24) is 5.32 Å². The van der Waals surface area contributed by atoms with Crippen molar-refractivity contribution in [2.45, 2.75) is 25.7 Å². The molecule has 0 aromatic heterocycles. The van der Waals surface area contributed by atoms with Gasteiger partial charge in [0.2, 0.25) is 0 Å². The normalized spacial score (nSPS) is 28.0. The van der Waals surface area contributed by atoms with Crippen molar-refractivity contribution in [3.05, 3.63) is 35.6 Å². The standard InChI is InChI=1S/C11H15N/c1-2-4-8-11-10(6-3-1)7-5-9-12-11/h1-2,4,8,12H,3,5-7,9H2/b2-1-,8-4-. The fourth-order valence-electron chi connectivity index (χ4n) is 1.81. The highest BCUT2D eigenvalue weighted by molar-refractivity contribution is 5.30. The minimum atomic E-state index is 1.15. The Balaban J connectivity index is 2.22. The maximum absolute atomic E-state index is 3.45. The minimum absolute atomic E-state index is 1.15. The minimum Gasteiger partial charge on any atom is -0.385 e. The Morgan fingerprint density at radius 2 is 2.17 bits per heavy atom. The molecule has 1 heterocycles. The molecule has 0 spiro atoms. The first-order valence-corrected chi connectivity index (χ1v) is 4.76. The average molecular weight is 161 g/mol. The fourth-order valence-corrected chi connectivity index (χ4v) is 1.81. The summed E-state index contributed by atoms with van der Waals surface area (Å²) in [4.78, 5) is 0. The Morgan fingerprint density at radius 1 is 1.17 bits per heavy atom. The molecule has 0 saturated carbocycles. The van der Waals surface area contributed by atoms with Gasteiger partial charge in [-0.05, 0) is 37.3 Å². The van der Waals surface area contributed by atoms with E-state index in [4.69, 9.17) is 0 Å². The zero-order valence-corrected chi connectivity index (χ0v) is 7.34. The van der Waals surface area contributed by atoms with Crippen molar-refractivity contribution in [2.75, 3.05) is 6.54 Å². The molecule has 0 aromatic carbocycles. The van der Waals surface area contributed by atoms with Crippen LogP contribution >= 0.6 is 0 Å². The molecule has 0 unspecified atom stereocenters. The van der Waals surface area contributed by atoms with Gasteiger partial charge in [-0.15, -0.1) is 0 Å². The summed E-state index contributed by atoms with van der Waals surface area (Å²) in [7, 11) is 0. The molecule has 0 saturated heterocycles. The van der Waals surface area contributed by atoms with Gasteiger partial charge >= 0.3 is 0 Å². The summed E-state index contributed by atoms with van der Waals surface area (Å²) in [5.74, 6) is 0. The van der Waals surface area contributed by atoms with Crippen molar-refractivity contribution in [2.24, 2.45) is 0 Å². The van der Waals surface area contributed by atoms with Crippen LogP contribution in [0.3, 0.4) is 0 Å². The lowest BCUT2D eigenvalue weighted by Crippen LogP contribution is -2.20. The highest BCUT2D eigenvalue weighted by Gasteiger charge is 2.09. The van der Waals surface area contributed by atoms with Crippen molar-refractivity contribution in [3.8, 4) is 0 Å². The van der Waals surface area contributed by atoms with Crippen LogP contribution in [-0.2, 0) is 0 Å². The van der Waals surface area contributed by atoms with E-state index in [0.717, 1.165) is 6.54 Å². The van der Waals surface area contributed by atoms with Gasteiger partial charge in [0.15, 0.2) is 0 Å². The highest BCUT2D eigenvalue weighted by Crippen LogP contribution is 2.21. The average Bonchev–Trinajstić information content (AvgIpc) is 2.06. The zero-order chi connectivity index (χ0) is 8.23. The summed E-state index contributed by atoms with van der Waals surface area (Å²) in [5.41, 5.74) is 2.99.